The van der Waals surface area contributed by atoms with Crippen LogP contribution in [-0.2, 0) is 0 Å². The van der Waals surface area contributed by atoms with Crippen LogP contribution in [0.2, 0.25) is 0 Å². The predicted molar refractivity (Wildman–Crippen MR) is 194 cm³/mol. The molecule has 0 saturated heterocycles. The van der Waals surface area contributed by atoms with Crippen LogP contribution in [0.25, 0.3) is 77.7 Å². The summed E-state index contributed by atoms with van der Waals surface area (Å²) in [5, 5.41) is 8.52. The minimum Gasteiger partial charge on any atom is -0.231 e. The molecule has 0 saturated carbocycles. The number of para-hydroxylation sites is 1. The van der Waals surface area contributed by atoms with Gasteiger partial charge in [-0.1, -0.05) is 146 Å². The second-order valence-electron chi connectivity index (χ2n) is 12.0. The lowest BCUT2D eigenvalue weighted by molar-refractivity contribution is 0.927. The van der Waals surface area contributed by atoms with Crippen molar-refractivity contribution in [3.8, 4) is 44.9 Å². The lowest BCUT2D eigenvalue weighted by Gasteiger charge is -2.20. The number of rotatable bonds is 5. The van der Waals surface area contributed by atoms with Gasteiger partial charge in [-0.05, 0) is 41.0 Å². The fraction of sp³-hybridized carbons (Fsp3) is 0.0465. The van der Waals surface area contributed by atoms with E-state index >= 15 is 0 Å². The zero-order valence-corrected chi connectivity index (χ0v) is 25.7. The Balaban J connectivity index is 1.27. The maximum absolute atomic E-state index is 5.12. The maximum atomic E-state index is 5.12. The molecule has 9 rings (SSSR count). The van der Waals surface area contributed by atoms with E-state index in [-0.39, 0.29) is 0 Å². The zero-order chi connectivity index (χ0) is 31.2. The number of pyridine rings is 1. The summed E-state index contributed by atoms with van der Waals surface area (Å²) in [6.07, 6.45) is 10.7. The van der Waals surface area contributed by atoms with Gasteiger partial charge in [0.05, 0.1) is 28.6 Å². The summed E-state index contributed by atoms with van der Waals surface area (Å²) in [7, 11) is 0. The number of allylic oxidation sites excluding steroid dienone is 4. The number of hydrogen-bond donors (Lipinski definition) is 0. The topological polar surface area (TPSA) is 43.1 Å². The average molecular weight is 603 g/mol. The Morgan fingerprint density at radius 3 is 1.96 bits per heavy atom. The van der Waals surface area contributed by atoms with Crippen molar-refractivity contribution < 1.29 is 0 Å². The van der Waals surface area contributed by atoms with E-state index in [0.717, 1.165) is 68.7 Å². The van der Waals surface area contributed by atoms with Gasteiger partial charge in [-0.2, -0.15) is 5.10 Å². The molecule has 0 spiro atoms. The summed E-state index contributed by atoms with van der Waals surface area (Å²) in [4.78, 5) is 10.0. The molecule has 4 nitrogen and oxygen atoms in total. The first-order chi connectivity index (χ1) is 23.3. The van der Waals surface area contributed by atoms with Gasteiger partial charge in [0.25, 0.3) is 0 Å². The second-order valence-corrected chi connectivity index (χ2v) is 12.0. The van der Waals surface area contributed by atoms with Gasteiger partial charge in [0.15, 0.2) is 5.82 Å². The summed E-state index contributed by atoms with van der Waals surface area (Å²) < 4.78 is 2.18. The van der Waals surface area contributed by atoms with Crippen LogP contribution < -0.4 is 0 Å². The normalized spacial score (nSPS) is 13.0. The Kier molecular flexibility index (Phi) is 6.57. The molecule has 3 aromatic heterocycles. The number of benzene rings is 5. The molecule has 5 aromatic carbocycles. The highest BCUT2D eigenvalue weighted by Crippen LogP contribution is 2.43. The van der Waals surface area contributed by atoms with Gasteiger partial charge >= 0.3 is 0 Å². The Morgan fingerprint density at radius 2 is 1.21 bits per heavy atom. The van der Waals surface area contributed by atoms with E-state index in [4.69, 9.17) is 15.1 Å². The fourth-order valence-corrected chi connectivity index (χ4v) is 6.94. The molecule has 0 radical (unpaired) electrons. The molecule has 47 heavy (non-hydrogen) atoms. The molecule has 222 valence electrons. The standard InChI is InChI=1S/C43H30N4/c1-4-14-29(15-5-1)37-28-44-47-41(32-16-6-2-7-17-32)39(34-20-10-11-21-35(34)42(37)47)30-24-26-31(27-25-30)40-36-22-12-13-23-38(36)45-43(46-40)33-18-8-3-9-19-33/h1-6,8-16,18-28H,7,17H2. The van der Waals surface area contributed by atoms with Gasteiger partial charge < -0.3 is 0 Å². The first-order valence-corrected chi connectivity index (χ1v) is 16.1. The van der Waals surface area contributed by atoms with Crippen molar-refractivity contribution in [2.45, 2.75) is 12.8 Å². The van der Waals surface area contributed by atoms with Gasteiger partial charge in [-0.15, -0.1) is 0 Å². The molecule has 1 aliphatic carbocycles. The lowest BCUT2D eigenvalue weighted by atomic mass is 9.89. The molecule has 0 amide bonds. The Labute approximate surface area is 273 Å². The van der Waals surface area contributed by atoms with Crippen molar-refractivity contribution in [2.24, 2.45) is 0 Å². The first kappa shape index (κ1) is 27.2. The van der Waals surface area contributed by atoms with Crippen LogP contribution in [-0.4, -0.2) is 19.6 Å². The van der Waals surface area contributed by atoms with Crippen LogP contribution in [0.1, 0.15) is 18.5 Å². The van der Waals surface area contributed by atoms with E-state index < -0.39 is 0 Å². The van der Waals surface area contributed by atoms with Gasteiger partial charge in [-0.25, -0.2) is 14.5 Å². The van der Waals surface area contributed by atoms with Crippen molar-refractivity contribution in [1.82, 2.24) is 19.6 Å². The quantitative estimate of drug-likeness (QED) is 0.197. The van der Waals surface area contributed by atoms with Gasteiger partial charge in [-0.3, -0.25) is 0 Å². The van der Waals surface area contributed by atoms with Crippen LogP contribution in [0, 0.1) is 0 Å². The molecule has 0 unspecified atom stereocenters. The molecule has 4 heteroatoms. The van der Waals surface area contributed by atoms with E-state index in [1.807, 2.05) is 30.5 Å². The number of nitrogens with zero attached hydrogens (tertiary/aromatic N) is 4. The van der Waals surface area contributed by atoms with E-state index in [0.29, 0.717) is 0 Å². The smallest absolute Gasteiger partial charge is 0.160 e. The van der Waals surface area contributed by atoms with Gasteiger partial charge in [0.1, 0.15) is 0 Å². The fourth-order valence-electron chi connectivity index (χ4n) is 6.94. The molecule has 3 heterocycles. The van der Waals surface area contributed by atoms with Crippen molar-refractivity contribution in [3.63, 3.8) is 0 Å². The summed E-state index contributed by atoms with van der Waals surface area (Å²) in [6, 6.07) is 46.7. The van der Waals surface area contributed by atoms with Crippen molar-refractivity contribution in [3.05, 3.63) is 164 Å². The Bertz CT molecular complexity index is 2490. The number of aromatic nitrogens is 4. The highest BCUT2D eigenvalue weighted by atomic mass is 15.2. The van der Waals surface area contributed by atoms with Crippen molar-refractivity contribution >= 4 is 32.8 Å². The monoisotopic (exact) mass is 602 g/mol. The van der Waals surface area contributed by atoms with Crippen LogP contribution in [0.3, 0.4) is 0 Å². The molecule has 0 aliphatic heterocycles. The average Bonchev–Trinajstić information content (AvgIpc) is 3.60. The molecular formula is C43H30N4. The molecule has 0 N–H and O–H groups in total. The molecule has 1 aliphatic rings. The largest absolute Gasteiger partial charge is 0.231 e. The van der Waals surface area contributed by atoms with Crippen LogP contribution in [0.5, 0.6) is 0 Å². The van der Waals surface area contributed by atoms with Crippen LogP contribution in [0.4, 0.5) is 0 Å². The van der Waals surface area contributed by atoms with Crippen molar-refractivity contribution in [1.29, 1.82) is 0 Å². The van der Waals surface area contributed by atoms with E-state index in [1.54, 1.807) is 0 Å². The maximum Gasteiger partial charge on any atom is 0.160 e. The molecule has 0 atom stereocenters. The van der Waals surface area contributed by atoms with E-state index in [1.165, 1.54) is 27.5 Å². The SMILES string of the molecule is C1=CCCC(c2c(-c3ccc(-c4nc(-c5ccccc5)nc5ccccc45)cc3)c3ccccc3c3c(-c4ccccc4)cnn23)=C1. The molecule has 8 aromatic rings. The minimum atomic E-state index is 0.729. The first-order valence-electron chi connectivity index (χ1n) is 16.1. The third-order valence-corrected chi connectivity index (χ3v) is 9.15. The third kappa shape index (κ3) is 4.65. The van der Waals surface area contributed by atoms with Gasteiger partial charge in [0, 0.05) is 33.0 Å². The number of fused-ring (bicyclic) bond motifs is 4. The molecule has 0 fully saturated rings. The van der Waals surface area contributed by atoms with Crippen LogP contribution in [0.15, 0.2) is 158 Å². The van der Waals surface area contributed by atoms with Crippen LogP contribution >= 0.6 is 0 Å². The predicted octanol–water partition coefficient (Wildman–Crippen LogP) is 10.8. The molecular weight excluding hydrogens is 573 g/mol. The Morgan fingerprint density at radius 1 is 0.553 bits per heavy atom. The summed E-state index contributed by atoms with van der Waals surface area (Å²) in [5.41, 5.74) is 12.2. The Hall–Kier alpha value is -6.13. The van der Waals surface area contributed by atoms with E-state index in [2.05, 4.69) is 132 Å². The summed E-state index contributed by atoms with van der Waals surface area (Å²) in [5.74, 6) is 0.729. The highest BCUT2D eigenvalue weighted by molar-refractivity contribution is 6.12. The van der Waals surface area contributed by atoms with Crippen molar-refractivity contribution in [2.75, 3.05) is 0 Å². The summed E-state index contributed by atoms with van der Waals surface area (Å²) >= 11 is 0. The summed E-state index contributed by atoms with van der Waals surface area (Å²) in [6.45, 7) is 0. The number of hydrogen-bond acceptors (Lipinski definition) is 3. The molecule has 0 bridgehead atoms. The third-order valence-electron chi connectivity index (χ3n) is 9.15. The minimum absolute atomic E-state index is 0.729. The highest BCUT2D eigenvalue weighted by Gasteiger charge is 2.23. The lowest BCUT2D eigenvalue weighted by Crippen LogP contribution is -2.04. The second kappa shape index (κ2) is 11.3. The van der Waals surface area contributed by atoms with E-state index in [9.17, 15) is 0 Å². The van der Waals surface area contributed by atoms with Gasteiger partial charge in [0.2, 0.25) is 0 Å². The zero-order valence-electron chi connectivity index (χ0n) is 25.7.